The number of hydrogen-bond acceptors (Lipinski definition) is 2. The Kier molecular flexibility index (Phi) is 2.89. The second-order valence-corrected chi connectivity index (χ2v) is 3.70. The van der Waals surface area contributed by atoms with Crippen LogP contribution in [-0.4, -0.2) is 9.55 Å². The Morgan fingerprint density at radius 3 is 2.65 bits per heavy atom. The summed E-state index contributed by atoms with van der Waals surface area (Å²) < 4.78 is 40.9. The van der Waals surface area contributed by atoms with Crippen LogP contribution in [0.5, 0.6) is 0 Å². The molecular formula is C11H10F3N3. The zero-order valence-corrected chi connectivity index (χ0v) is 8.99. The van der Waals surface area contributed by atoms with Crippen molar-refractivity contribution in [2.75, 3.05) is 0 Å². The summed E-state index contributed by atoms with van der Waals surface area (Å²) >= 11 is 0. The molecule has 0 aliphatic carbocycles. The van der Waals surface area contributed by atoms with E-state index in [4.69, 9.17) is 5.73 Å². The van der Waals surface area contributed by atoms with Gasteiger partial charge >= 0.3 is 0 Å². The van der Waals surface area contributed by atoms with E-state index in [1.807, 2.05) is 0 Å². The summed E-state index contributed by atoms with van der Waals surface area (Å²) in [6.07, 6.45) is 2.68. The van der Waals surface area contributed by atoms with E-state index in [0.717, 1.165) is 6.07 Å². The van der Waals surface area contributed by atoms with E-state index < -0.39 is 23.5 Å². The molecule has 0 radical (unpaired) electrons. The summed E-state index contributed by atoms with van der Waals surface area (Å²) in [5.74, 6) is -3.24. The third kappa shape index (κ3) is 2.03. The summed E-state index contributed by atoms with van der Waals surface area (Å²) in [6, 6.07) is 0.955. The molecule has 17 heavy (non-hydrogen) atoms. The molecule has 0 bridgehead atoms. The van der Waals surface area contributed by atoms with Gasteiger partial charge in [-0.05, 0) is 6.92 Å². The van der Waals surface area contributed by atoms with Gasteiger partial charge in [0.1, 0.15) is 5.82 Å². The summed E-state index contributed by atoms with van der Waals surface area (Å²) in [7, 11) is 0. The van der Waals surface area contributed by atoms with Crippen molar-refractivity contribution in [2.24, 2.45) is 5.73 Å². The number of benzene rings is 1. The fourth-order valence-corrected chi connectivity index (χ4v) is 1.56. The number of nitrogens with two attached hydrogens (primary N) is 1. The van der Waals surface area contributed by atoms with Gasteiger partial charge in [-0.1, -0.05) is 0 Å². The monoisotopic (exact) mass is 241 g/mol. The van der Waals surface area contributed by atoms with Crippen molar-refractivity contribution in [1.29, 1.82) is 0 Å². The summed E-state index contributed by atoms with van der Waals surface area (Å²) in [5.41, 5.74) is 5.88. The number of nitrogens with zero attached hydrogens (tertiary/aromatic N) is 2. The third-order valence-electron chi connectivity index (χ3n) is 2.37. The van der Waals surface area contributed by atoms with Gasteiger partial charge < -0.3 is 5.73 Å². The van der Waals surface area contributed by atoms with E-state index in [-0.39, 0.29) is 5.69 Å². The van der Waals surface area contributed by atoms with E-state index in [1.54, 1.807) is 6.92 Å². The molecule has 0 saturated carbocycles. The minimum atomic E-state index is -1.25. The molecule has 6 heteroatoms. The van der Waals surface area contributed by atoms with Gasteiger partial charge in [-0.25, -0.2) is 18.2 Å². The molecule has 0 aliphatic heterocycles. The summed E-state index contributed by atoms with van der Waals surface area (Å²) in [4.78, 5) is 3.79. The highest BCUT2D eigenvalue weighted by atomic mass is 19.2. The zero-order valence-electron chi connectivity index (χ0n) is 8.99. The SMILES string of the molecule is CC(N)c1cncn1-c1cc(F)cc(F)c1F. The first-order valence-electron chi connectivity index (χ1n) is 4.93. The standard InChI is InChI=1S/C11H10F3N3/c1-6(15)10-4-16-5-17(10)9-3-7(12)2-8(13)11(9)14/h2-6H,15H2,1H3. The number of rotatable bonds is 2. The predicted molar refractivity (Wildman–Crippen MR) is 56.0 cm³/mol. The molecule has 1 aromatic heterocycles. The highest BCUT2D eigenvalue weighted by Crippen LogP contribution is 2.21. The first kappa shape index (κ1) is 11.7. The van der Waals surface area contributed by atoms with E-state index >= 15 is 0 Å². The second-order valence-electron chi connectivity index (χ2n) is 3.70. The lowest BCUT2D eigenvalue weighted by molar-refractivity contribution is 0.489. The normalized spacial score (nSPS) is 12.8. The molecule has 1 aromatic carbocycles. The largest absolute Gasteiger partial charge is 0.323 e. The number of hydrogen-bond donors (Lipinski definition) is 1. The van der Waals surface area contributed by atoms with Gasteiger partial charge in [-0.3, -0.25) is 4.57 Å². The lowest BCUT2D eigenvalue weighted by Gasteiger charge is -2.11. The van der Waals surface area contributed by atoms with Gasteiger partial charge in [0.15, 0.2) is 11.6 Å². The fraction of sp³-hybridized carbons (Fsp3) is 0.182. The van der Waals surface area contributed by atoms with Crippen molar-refractivity contribution in [3.8, 4) is 5.69 Å². The van der Waals surface area contributed by atoms with Crippen molar-refractivity contribution in [3.63, 3.8) is 0 Å². The Labute approximate surface area is 95.7 Å². The van der Waals surface area contributed by atoms with Crippen LogP contribution in [0.1, 0.15) is 18.7 Å². The number of halogens is 3. The highest BCUT2D eigenvalue weighted by molar-refractivity contribution is 5.37. The quantitative estimate of drug-likeness (QED) is 0.820. The average molecular weight is 241 g/mol. The van der Waals surface area contributed by atoms with Crippen LogP contribution in [0.3, 0.4) is 0 Å². The van der Waals surface area contributed by atoms with Gasteiger partial charge in [0.05, 0.1) is 23.9 Å². The molecular weight excluding hydrogens is 231 g/mol. The number of imidazole rings is 1. The molecule has 0 amide bonds. The van der Waals surface area contributed by atoms with Crippen LogP contribution in [0.4, 0.5) is 13.2 Å². The molecule has 1 unspecified atom stereocenters. The van der Waals surface area contributed by atoms with E-state index in [0.29, 0.717) is 11.8 Å². The van der Waals surface area contributed by atoms with Crippen LogP contribution in [0.15, 0.2) is 24.7 Å². The molecule has 2 aromatic rings. The maximum absolute atomic E-state index is 13.6. The molecule has 0 aliphatic rings. The van der Waals surface area contributed by atoms with E-state index in [2.05, 4.69) is 4.98 Å². The van der Waals surface area contributed by atoms with Crippen LogP contribution in [0.2, 0.25) is 0 Å². The molecule has 1 atom stereocenters. The summed E-state index contributed by atoms with van der Waals surface area (Å²) in [6.45, 7) is 1.67. The Balaban J connectivity index is 2.64. The van der Waals surface area contributed by atoms with Gasteiger partial charge in [-0.15, -0.1) is 0 Å². The lowest BCUT2D eigenvalue weighted by Crippen LogP contribution is -2.12. The topological polar surface area (TPSA) is 43.8 Å². The maximum Gasteiger partial charge on any atom is 0.183 e. The average Bonchev–Trinajstić information content (AvgIpc) is 2.72. The van der Waals surface area contributed by atoms with Gasteiger partial charge in [-0.2, -0.15) is 0 Å². The van der Waals surface area contributed by atoms with Crippen molar-refractivity contribution in [3.05, 3.63) is 47.8 Å². The van der Waals surface area contributed by atoms with Crippen LogP contribution in [0.25, 0.3) is 5.69 Å². The van der Waals surface area contributed by atoms with E-state index in [9.17, 15) is 13.2 Å². The summed E-state index contributed by atoms with van der Waals surface area (Å²) in [5, 5.41) is 0. The Hall–Kier alpha value is -1.82. The molecule has 3 nitrogen and oxygen atoms in total. The first-order valence-corrected chi connectivity index (χ1v) is 4.93. The molecule has 0 fully saturated rings. The van der Waals surface area contributed by atoms with Gasteiger partial charge in [0.2, 0.25) is 0 Å². The minimum Gasteiger partial charge on any atom is -0.323 e. The van der Waals surface area contributed by atoms with Crippen LogP contribution in [0, 0.1) is 17.5 Å². The van der Waals surface area contributed by atoms with Crippen LogP contribution < -0.4 is 5.73 Å². The first-order chi connectivity index (χ1) is 8.00. The Bertz CT molecular complexity index is 549. The smallest absolute Gasteiger partial charge is 0.183 e. The molecule has 0 saturated heterocycles. The van der Waals surface area contributed by atoms with Crippen LogP contribution >= 0.6 is 0 Å². The predicted octanol–water partition coefficient (Wildman–Crippen LogP) is 2.31. The molecule has 0 spiro atoms. The number of aromatic nitrogens is 2. The van der Waals surface area contributed by atoms with Gasteiger partial charge in [0.25, 0.3) is 0 Å². The maximum atomic E-state index is 13.6. The van der Waals surface area contributed by atoms with Crippen molar-refractivity contribution in [2.45, 2.75) is 13.0 Å². The third-order valence-corrected chi connectivity index (χ3v) is 2.37. The minimum absolute atomic E-state index is 0.243. The molecule has 90 valence electrons. The van der Waals surface area contributed by atoms with Crippen molar-refractivity contribution >= 4 is 0 Å². The second kappa shape index (κ2) is 4.21. The van der Waals surface area contributed by atoms with Crippen molar-refractivity contribution < 1.29 is 13.2 Å². The van der Waals surface area contributed by atoms with E-state index in [1.165, 1.54) is 17.1 Å². The molecule has 2 rings (SSSR count). The van der Waals surface area contributed by atoms with Crippen molar-refractivity contribution in [1.82, 2.24) is 9.55 Å². The fourth-order valence-electron chi connectivity index (χ4n) is 1.56. The lowest BCUT2D eigenvalue weighted by atomic mass is 10.2. The molecule has 2 N–H and O–H groups in total. The Morgan fingerprint density at radius 2 is 2.00 bits per heavy atom. The van der Waals surface area contributed by atoms with Crippen LogP contribution in [-0.2, 0) is 0 Å². The molecule has 1 heterocycles. The highest BCUT2D eigenvalue weighted by Gasteiger charge is 2.16. The Morgan fingerprint density at radius 1 is 1.29 bits per heavy atom. The zero-order chi connectivity index (χ0) is 12.6. The van der Waals surface area contributed by atoms with Gasteiger partial charge in [0, 0.05) is 18.2 Å².